The highest BCUT2D eigenvalue weighted by atomic mass is 16.5. The molecule has 2 fully saturated rings. The number of nitrogens with zero attached hydrogens (tertiary/aromatic N) is 2. The average molecular weight is 359 g/mol. The summed E-state index contributed by atoms with van der Waals surface area (Å²) in [6.07, 6.45) is 2.02. The van der Waals surface area contributed by atoms with Crippen molar-refractivity contribution >= 4 is 11.8 Å². The Morgan fingerprint density at radius 2 is 2.15 bits per heavy atom. The molecule has 26 heavy (non-hydrogen) atoms. The van der Waals surface area contributed by atoms with Crippen LogP contribution in [0.3, 0.4) is 0 Å². The van der Waals surface area contributed by atoms with Crippen LogP contribution in [0.5, 0.6) is 5.75 Å². The summed E-state index contributed by atoms with van der Waals surface area (Å²) in [6.45, 7) is 5.89. The third-order valence-electron chi connectivity index (χ3n) is 5.45. The van der Waals surface area contributed by atoms with Crippen molar-refractivity contribution in [1.29, 1.82) is 0 Å². The minimum Gasteiger partial charge on any atom is -0.497 e. The fourth-order valence-corrected chi connectivity index (χ4v) is 4.12. The van der Waals surface area contributed by atoms with Gasteiger partial charge in [0.15, 0.2) is 0 Å². The molecule has 3 rings (SSSR count). The maximum Gasteiger partial charge on any atom is 0.228 e. The number of hydrogen-bond acceptors (Lipinski definition) is 4. The first-order chi connectivity index (χ1) is 12.7. The molecule has 0 bridgehead atoms. The second-order valence-corrected chi connectivity index (χ2v) is 6.98. The second-order valence-electron chi connectivity index (χ2n) is 6.98. The molecule has 1 aromatic rings. The first-order valence-electron chi connectivity index (χ1n) is 9.58. The summed E-state index contributed by atoms with van der Waals surface area (Å²) in [5.41, 5.74) is 0.977. The van der Waals surface area contributed by atoms with E-state index in [1.165, 1.54) is 0 Å². The number of amides is 2. The molecule has 6 heteroatoms. The zero-order chi connectivity index (χ0) is 18.5. The lowest BCUT2D eigenvalue weighted by molar-refractivity contribution is -0.147. The fraction of sp³-hybridized carbons (Fsp3) is 0.600. The molecule has 0 aromatic heterocycles. The van der Waals surface area contributed by atoms with Gasteiger partial charge in [0.1, 0.15) is 5.75 Å². The summed E-state index contributed by atoms with van der Waals surface area (Å²) >= 11 is 0. The van der Waals surface area contributed by atoms with Crippen LogP contribution in [0.4, 0.5) is 0 Å². The van der Waals surface area contributed by atoms with E-state index in [1.807, 2.05) is 41.0 Å². The Hall–Kier alpha value is -2.08. The number of ether oxygens (including phenoxy) is 1. The van der Waals surface area contributed by atoms with E-state index in [0.29, 0.717) is 19.4 Å². The molecule has 2 aliphatic rings. The third kappa shape index (κ3) is 3.85. The lowest BCUT2D eigenvalue weighted by atomic mass is 9.83. The summed E-state index contributed by atoms with van der Waals surface area (Å²) < 4.78 is 5.36. The Morgan fingerprint density at radius 3 is 2.92 bits per heavy atom. The highest BCUT2D eigenvalue weighted by Crippen LogP contribution is 2.38. The standard InChI is InChI=1S/C20H29N3O3/c1-3-23-18(24)9-8-17(20(25)22-12-5-10-21-11-13-22)19(23)15-6-4-7-16(14-15)26-2/h4,6-7,14,17,19,21H,3,5,8-13H2,1-2H3/t17-,19+/m1/s1. The Balaban J connectivity index is 1.92. The molecule has 0 saturated carbocycles. The van der Waals surface area contributed by atoms with E-state index in [9.17, 15) is 9.59 Å². The molecule has 6 nitrogen and oxygen atoms in total. The van der Waals surface area contributed by atoms with Crippen LogP contribution in [0.1, 0.15) is 37.8 Å². The van der Waals surface area contributed by atoms with E-state index in [1.54, 1.807) is 7.11 Å². The first kappa shape index (κ1) is 18.7. The van der Waals surface area contributed by atoms with Crippen LogP contribution >= 0.6 is 0 Å². The van der Waals surface area contributed by atoms with Crippen LogP contribution in [0, 0.1) is 5.92 Å². The lowest BCUT2D eigenvalue weighted by Crippen LogP contribution is -2.49. The van der Waals surface area contributed by atoms with Gasteiger partial charge < -0.3 is 19.9 Å². The maximum atomic E-state index is 13.3. The number of carbonyl (C=O) groups is 2. The van der Waals surface area contributed by atoms with Gasteiger partial charge >= 0.3 is 0 Å². The predicted octanol–water partition coefficient (Wildman–Crippen LogP) is 1.82. The fourth-order valence-electron chi connectivity index (χ4n) is 4.12. The predicted molar refractivity (Wildman–Crippen MR) is 99.9 cm³/mol. The van der Waals surface area contributed by atoms with Crippen molar-refractivity contribution in [3.05, 3.63) is 29.8 Å². The number of hydrogen-bond donors (Lipinski definition) is 1. The molecule has 2 saturated heterocycles. The van der Waals surface area contributed by atoms with Gasteiger partial charge in [0.05, 0.1) is 19.1 Å². The summed E-state index contributed by atoms with van der Waals surface area (Å²) in [5, 5.41) is 3.35. The van der Waals surface area contributed by atoms with E-state index in [0.717, 1.165) is 43.9 Å². The van der Waals surface area contributed by atoms with Gasteiger partial charge in [0.2, 0.25) is 11.8 Å². The Kier molecular flexibility index (Phi) is 6.14. The minimum atomic E-state index is -0.222. The van der Waals surface area contributed by atoms with E-state index in [2.05, 4.69) is 5.32 Å². The summed E-state index contributed by atoms with van der Waals surface area (Å²) in [4.78, 5) is 29.7. The van der Waals surface area contributed by atoms with Crippen molar-refractivity contribution in [2.45, 2.75) is 32.2 Å². The van der Waals surface area contributed by atoms with E-state index >= 15 is 0 Å². The first-order valence-corrected chi connectivity index (χ1v) is 9.58. The molecule has 0 spiro atoms. The van der Waals surface area contributed by atoms with Crippen LogP contribution in [0.15, 0.2) is 24.3 Å². The van der Waals surface area contributed by atoms with Gasteiger partial charge in [-0.25, -0.2) is 0 Å². The molecule has 142 valence electrons. The molecule has 2 aliphatic heterocycles. The van der Waals surface area contributed by atoms with Gasteiger partial charge in [-0.2, -0.15) is 0 Å². The number of benzene rings is 1. The number of nitrogens with one attached hydrogen (secondary N) is 1. The number of carbonyl (C=O) groups excluding carboxylic acids is 2. The molecule has 0 aliphatic carbocycles. The van der Waals surface area contributed by atoms with Gasteiger partial charge in [-0.15, -0.1) is 0 Å². The number of likely N-dealkylation sites (tertiary alicyclic amines) is 1. The summed E-state index contributed by atoms with van der Waals surface area (Å²) in [7, 11) is 1.63. The van der Waals surface area contributed by atoms with Gasteiger partial charge in [0.25, 0.3) is 0 Å². The monoisotopic (exact) mass is 359 g/mol. The average Bonchev–Trinajstić information content (AvgIpc) is 2.96. The van der Waals surface area contributed by atoms with Crippen LogP contribution in [0.25, 0.3) is 0 Å². The quantitative estimate of drug-likeness (QED) is 0.891. The zero-order valence-corrected chi connectivity index (χ0v) is 15.7. The van der Waals surface area contributed by atoms with Crippen molar-refractivity contribution in [3.8, 4) is 5.75 Å². The number of methoxy groups -OCH3 is 1. The van der Waals surface area contributed by atoms with Crippen molar-refractivity contribution in [3.63, 3.8) is 0 Å². The summed E-state index contributed by atoms with van der Waals surface area (Å²) in [6, 6.07) is 7.55. The number of rotatable bonds is 4. The highest BCUT2D eigenvalue weighted by molar-refractivity contribution is 5.85. The molecule has 2 amide bonds. The molecular weight excluding hydrogens is 330 g/mol. The van der Waals surface area contributed by atoms with E-state index < -0.39 is 0 Å². The topological polar surface area (TPSA) is 61.9 Å². The maximum absolute atomic E-state index is 13.3. The van der Waals surface area contributed by atoms with Crippen molar-refractivity contribution in [2.24, 2.45) is 5.92 Å². The Morgan fingerprint density at radius 1 is 1.31 bits per heavy atom. The molecule has 1 aromatic carbocycles. The molecule has 0 unspecified atom stereocenters. The molecule has 0 radical (unpaired) electrons. The largest absolute Gasteiger partial charge is 0.497 e. The molecular formula is C20H29N3O3. The van der Waals surface area contributed by atoms with Gasteiger partial charge in [-0.3, -0.25) is 9.59 Å². The van der Waals surface area contributed by atoms with Crippen molar-refractivity contribution in [2.75, 3.05) is 39.8 Å². The second kappa shape index (κ2) is 8.54. The van der Waals surface area contributed by atoms with Crippen LogP contribution in [0.2, 0.25) is 0 Å². The summed E-state index contributed by atoms with van der Waals surface area (Å²) in [5.74, 6) is 0.856. The highest BCUT2D eigenvalue weighted by Gasteiger charge is 2.41. The minimum absolute atomic E-state index is 0.127. The SMILES string of the molecule is CCN1C(=O)CC[C@@H](C(=O)N2CCCNCC2)[C@@H]1c1cccc(OC)c1. The van der Waals surface area contributed by atoms with Crippen LogP contribution in [-0.2, 0) is 9.59 Å². The molecule has 1 N–H and O–H groups in total. The molecule has 2 heterocycles. The van der Waals surface area contributed by atoms with Crippen molar-refractivity contribution in [1.82, 2.24) is 15.1 Å². The lowest BCUT2D eigenvalue weighted by Gasteiger charge is -2.42. The smallest absolute Gasteiger partial charge is 0.228 e. The van der Waals surface area contributed by atoms with Crippen molar-refractivity contribution < 1.29 is 14.3 Å². The van der Waals surface area contributed by atoms with E-state index in [-0.39, 0.29) is 23.8 Å². The van der Waals surface area contributed by atoms with Gasteiger partial charge in [-0.05, 0) is 44.0 Å². The Labute approximate surface area is 155 Å². The van der Waals surface area contributed by atoms with Gasteiger partial charge in [0, 0.05) is 32.6 Å². The Bertz CT molecular complexity index is 641. The third-order valence-corrected chi connectivity index (χ3v) is 5.45. The molecule has 2 atom stereocenters. The van der Waals surface area contributed by atoms with Crippen LogP contribution in [-0.4, -0.2) is 61.4 Å². The van der Waals surface area contributed by atoms with Crippen LogP contribution < -0.4 is 10.1 Å². The van der Waals surface area contributed by atoms with E-state index in [4.69, 9.17) is 4.74 Å². The number of piperidine rings is 1. The zero-order valence-electron chi connectivity index (χ0n) is 15.7. The van der Waals surface area contributed by atoms with Gasteiger partial charge in [-0.1, -0.05) is 12.1 Å². The normalized spacial score (nSPS) is 24.3.